The highest BCUT2D eigenvalue weighted by Gasteiger charge is 2.09. The van der Waals surface area contributed by atoms with Crippen LogP contribution in [0.5, 0.6) is 0 Å². The Morgan fingerprint density at radius 3 is 2.15 bits per heavy atom. The third-order valence-electron chi connectivity index (χ3n) is 1.59. The van der Waals surface area contributed by atoms with Crippen molar-refractivity contribution in [3.8, 4) is 0 Å². The lowest BCUT2D eigenvalue weighted by Crippen LogP contribution is -2.30. The van der Waals surface area contributed by atoms with Gasteiger partial charge in [0.25, 0.3) is 5.91 Å². The fourth-order valence-corrected chi connectivity index (χ4v) is 0.815. The molecule has 2 amide bonds. The Balaban J connectivity index is 4.44. The number of amides is 2. The molecule has 0 bridgehead atoms. The van der Waals surface area contributed by atoms with Gasteiger partial charge in [0.15, 0.2) is 5.76 Å². The van der Waals surface area contributed by atoms with Gasteiger partial charge in [0, 0.05) is 13.1 Å². The molecule has 5 nitrogen and oxygen atoms in total. The van der Waals surface area contributed by atoms with Crippen LogP contribution >= 0.6 is 0 Å². The van der Waals surface area contributed by atoms with Crippen LogP contribution in [0.1, 0.15) is 13.8 Å². The van der Waals surface area contributed by atoms with Gasteiger partial charge in [0.2, 0.25) is 5.91 Å². The number of nitrogens with two attached hydrogens (primary N) is 1. The number of rotatable bonds is 4. The number of aliphatic hydroxyl groups excluding tert-OH is 1. The number of hydrogen-bond donors (Lipinski definition) is 2. The van der Waals surface area contributed by atoms with Crippen LogP contribution in [0.3, 0.4) is 0 Å². The van der Waals surface area contributed by atoms with Crippen molar-refractivity contribution in [2.45, 2.75) is 13.8 Å². The maximum Gasteiger partial charge on any atom is 0.283 e. The number of carbonyl (C=O) groups excluding carboxylic acids is 2. The fraction of sp³-hybridized carbons (Fsp3) is 0.500. The van der Waals surface area contributed by atoms with Crippen molar-refractivity contribution < 1.29 is 14.7 Å². The van der Waals surface area contributed by atoms with Gasteiger partial charge in [-0.25, -0.2) is 0 Å². The summed E-state index contributed by atoms with van der Waals surface area (Å²) in [6, 6.07) is 0. The molecule has 0 heterocycles. The van der Waals surface area contributed by atoms with Crippen LogP contribution in [-0.2, 0) is 9.59 Å². The number of nitrogens with zero attached hydrogens (tertiary/aromatic N) is 1. The van der Waals surface area contributed by atoms with E-state index < -0.39 is 17.6 Å². The molecule has 5 heteroatoms. The summed E-state index contributed by atoms with van der Waals surface area (Å²) < 4.78 is 0. The summed E-state index contributed by atoms with van der Waals surface area (Å²) in [4.78, 5) is 23.0. The van der Waals surface area contributed by atoms with E-state index in [1.54, 1.807) is 13.8 Å². The molecule has 0 aliphatic heterocycles. The quantitative estimate of drug-likeness (QED) is 0.470. The normalized spacial score (nSPS) is 11.1. The molecule has 0 spiro atoms. The van der Waals surface area contributed by atoms with E-state index >= 15 is 0 Å². The lowest BCUT2D eigenvalue weighted by Gasteiger charge is -2.15. The Morgan fingerprint density at radius 2 is 1.85 bits per heavy atom. The second kappa shape index (κ2) is 5.18. The number of likely N-dealkylation sites (N-methyl/N-ethyl adjacent to an activating group) is 1. The molecule has 13 heavy (non-hydrogen) atoms. The Hall–Kier alpha value is -1.52. The third-order valence-corrected chi connectivity index (χ3v) is 1.59. The summed E-state index contributed by atoms with van der Waals surface area (Å²) in [5.74, 6) is -2.13. The number of aliphatic hydroxyl groups is 1. The molecule has 74 valence electrons. The van der Waals surface area contributed by atoms with Crippen molar-refractivity contribution in [1.82, 2.24) is 4.90 Å². The van der Waals surface area contributed by atoms with E-state index in [2.05, 4.69) is 0 Å². The van der Waals surface area contributed by atoms with E-state index in [0.717, 1.165) is 6.08 Å². The zero-order valence-electron chi connectivity index (χ0n) is 7.78. The Kier molecular flexibility index (Phi) is 4.58. The van der Waals surface area contributed by atoms with Crippen LogP contribution in [0.2, 0.25) is 0 Å². The van der Waals surface area contributed by atoms with Crippen molar-refractivity contribution in [2.75, 3.05) is 13.1 Å². The first-order chi connectivity index (χ1) is 6.02. The van der Waals surface area contributed by atoms with Crippen molar-refractivity contribution in [3.63, 3.8) is 0 Å². The van der Waals surface area contributed by atoms with Gasteiger partial charge < -0.3 is 15.7 Å². The third kappa shape index (κ3) is 3.59. The Morgan fingerprint density at radius 1 is 1.38 bits per heavy atom. The highest BCUT2D eigenvalue weighted by Crippen LogP contribution is 1.94. The minimum absolute atomic E-state index is 0.415. The van der Waals surface area contributed by atoms with Gasteiger partial charge in [-0.3, -0.25) is 9.59 Å². The predicted octanol–water partition coefficient (Wildman–Crippen LogP) is -0.218. The van der Waals surface area contributed by atoms with Crippen LogP contribution in [0.25, 0.3) is 0 Å². The molecule has 0 rings (SSSR count). The van der Waals surface area contributed by atoms with E-state index in [1.165, 1.54) is 4.90 Å². The molecule has 0 fully saturated rings. The molecule has 0 atom stereocenters. The number of carbonyl (C=O) groups is 2. The SMILES string of the molecule is CCN(CC)C(=O)/C=C(\O)C(N)=O. The summed E-state index contributed by atoms with van der Waals surface area (Å²) in [5.41, 5.74) is 4.74. The van der Waals surface area contributed by atoms with Crippen molar-refractivity contribution in [3.05, 3.63) is 11.8 Å². The van der Waals surface area contributed by atoms with E-state index in [-0.39, 0.29) is 0 Å². The Labute approximate surface area is 76.8 Å². The Bertz CT molecular complexity index is 232. The molecule has 0 aliphatic carbocycles. The van der Waals surface area contributed by atoms with Gasteiger partial charge in [-0.2, -0.15) is 0 Å². The number of hydrogen-bond acceptors (Lipinski definition) is 3. The summed E-state index contributed by atoms with van der Waals surface area (Å²) in [6.45, 7) is 4.66. The summed E-state index contributed by atoms with van der Waals surface area (Å²) >= 11 is 0. The average Bonchev–Trinajstić information content (AvgIpc) is 2.06. The first-order valence-corrected chi connectivity index (χ1v) is 4.02. The van der Waals surface area contributed by atoms with E-state index in [0.29, 0.717) is 13.1 Å². The topological polar surface area (TPSA) is 83.6 Å². The molecule has 0 aromatic carbocycles. The van der Waals surface area contributed by atoms with Crippen molar-refractivity contribution in [1.29, 1.82) is 0 Å². The van der Waals surface area contributed by atoms with E-state index in [9.17, 15) is 9.59 Å². The minimum atomic E-state index is -1.000. The summed E-state index contributed by atoms with van der Waals surface area (Å²) in [7, 11) is 0. The van der Waals surface area contributed by atoms with E-state index in [1.807, 2.05) is 0 Å². The highest BCUT2D eigenvalue weighted by molar-refractivity contribution is 5.98. The minimum Gasteiger partial charge on any atom is -0.503 e. The molecule has 0 aromatic heterocycles. The first kappa shape index (κ1) is 11.5. The molecule has 0 aliphatic rings. The molecule has 0 saturated carbocycles. The van der Waals surface area contributed by atoms with E-state index in [4.69, 9.17) is 10.8 Å². The largest absolute Gasteiger partial charge is 0.503 e. The van der Waals surface area contributed by atoms with Gasteiger partial charge in [-0.1, -0.05) is 0 Å². The average molecular weight is 186 g/mol. The van der Waals surface area contributed by atoms with Crippen LogP contribution in [0.15, 0.2) is 11.8 Å². The lowest BCUT2D eigenvalue weighted by molar-refractivity contribution is -0.126. The van der Waals surface area contributed by atoms with Gasteiger partial charge >= 0.3 is 0 Å². The molecular formula is C8H14N2O3. The second-order valence-electron chi connectivity index (χ2n) is 2.40. The molecule has 0 saturated heterocycles. The second-order valence-corrected chi connectivity index (χ2v) is 2.40. The van der Waals surface area contributed by atoms with Crippen LogP contribution in [-0.4, -0.2) is 34.9 Å². The summed E-state index contributed by atoms with van der Waals surface area (Å²) in [6.07, 6.45) is 0.829. The lowest BCUT2D eigenvalue weighted by atomic mass is 10.3. The standard InChI is InChI=1S/C8H14N2O3/c1-3-10(4-2)7(12)5-6(11)8(9)13/h5,11H,3-4H2,1-2H3,(H2,9,13)/b6-5-. The van der Waals surface area contributed by atoms with Crippen LogP contribution < -0.4 is 5.73 Å². The maximum absolute atomic E-state index is 11.2. The molecule has 0 aromatic rings. The van der Waals surface area contributed by atoms with Crippen LogP contribution in [0, 0.1) is 0 Å². The summed E-state index contributed by atoms with van der Waals surface area (Å²) in [5, 5.41) is 8.88. The molecule has 0 unspecified atom stereocenters. The fourth-order valence-electron chi connectivity index (χ4n) is 0.815. The van der Waals surface area contributed by atoms with Gasteiger partial charge in [0.1, 0.15) is 0 Å². The molecule has 0 radical (unpaired) electrons. The zero-order chi connectivity index (χ0) is 10.4. The zero-order valence-corrected chi connectivity index (χ0v) is 7.78. The van der Waals surface area contributed by atoms with Gasteiger partial charge in [-0.15, -0.1) is 0 Å². The molecular weight excluding hydrogens is 172 g/mol. The monoisotopic (exact) mass is 186 g/mol. The highest BCUT2D eigenvalue weighted by atomic mass is 16.3. The maximum atomic E-state index is 11.2. The number of primary amides is 1. The van der Waals surface area contributed by atoms with Crippen LogP contribution in [0.4, 0.5) is 0 Å². The first-order valence-electron chi connectivity index (χ1n) is 4.02. The van der Waals surface area contributed by atoms with Crippen molar-refractivity contribution in [2.24, 2.45) is 5.73 Å². The predicted molar refractivity (Wildman–Crippen MR) is 47.8 cm³/mol. The van der Waals surface area contributed by atoms with Gasteiger partial charge in [0.05, 0.1) is 6.08 Å². The smallest absolute Gasteiger partial charge is 0.283 e. The molecule has 3 N–H and O–H groups in total. The van der Waals surface area contributed by atoms with Crippen molar-refractivity contribution >= 4 is 11.8 Å². The van der Waals surface area contributed by atoms with Gasteiger partial charge in [-0.05, 0) is 13.8 Å².